The Morgan fingerprint density at radius 3 is 2.29 bits per heavy atom. The molecule has 0 bridgehead atoms. The first-order valence-electron chi connectivity index (χ1n) is 2.73. The van der Waals surface area contributed by atoms with Crippen LogP contribution in [-0.4, -0.2) is 0 Å². The highest BCUT2D eigenvalue weighted by Crippen LogP contribution is 2.28. The first-order chi connectivity index (χ1) is 3.21. The summed E-state index contributed by atoms with van der Waals surface area (Å²) in [6, 6.07) is 0. The zero-order valence-electron chi connectivity index (χ0n) is 4.94. The van der Waals surface area contributed by atoms with E-state index in [0.717, 1.165) is 6.42 Å². The monoisotopic (exact) mass is 95.1 g/mol. The van der Waals surface area contributed by atoms with E-state index in [9.17, 15) is 0 Å². The molecule has 0 aromatic carbocycles. The van der Waals surface area contributed by atoms with Gasteiger partial charge in [0.1, 0.15) is 0 Å². The Balaban J connectivity index is 2.57. The molecular weight excluding hydrogens is 84.1 g/mol. The molecule has 0 heterocycles. The van der Waals surface area contributed by atoms with Crippen LogP contribution in [0.3, 0.4) is 0 Å². The minimum absolute atomic E-state index is 0.389. The van der Waals surface area contributed by atoms with E-state index in [0.29, 0.717) is 5.41 Å². The third-order valence-electron chi connectivity index (χ3n) is 1.33. The summed E-state index contributed by atoms with van der Waals surface area (Å²) in [7, 11) is 0. The van der Waals surface area contributed by atoms with E-state index >= 15 is 0 Å². The fraction of sp³-hybridized carbons (Fsp3) is 0.571. The highest BCUT2D eigenvalue weighted by Gasteiger charge is 2.16. The Bertz CT molecular complexity index is 88.2. The molecule has 7 heavy (non-hydrogen) atoms. The minimum Gasteiger partial charge on any atom is -0.0877 e. The fourth-order valence-corrected chi connectivity index (χ4v) is 0.812. The summed E-state index contributed by atoms with van der Waals surface area (Å²) in [6.45, 7) is 4.44. The highest BCUT2D eigenvalue weighted by atomic mass is 14.2. The molecule has 0 N–H and O–H groups in total. The zero-order valence-corrected chi connectivity index (χ0v) is 4.94. The van der Waals surface area contributed by atoms with E-state index in [1.54, 1.807) is 0 Å². The van der Waals surface area contributed by atoms with Crippen LogP contribution in [0.5, 0.6) is 0 Å². The maximum atomic E-state index is 2.31. The van der Waals surface area contributed by atoms with Crippen LogP contribution in [0.1, 0.15) is 20.3 Å². The van der Waals surface area contributed by atoms with Crippen molar-refractivity contribution in [1.29, 1.82) is 0 Å². The van der Waals surface area contributed by atoms with Crippen LogP contribution in [0.2, 0.25) is 0 Å². The van der Waals surface area contributed by atoms with E-state index in [1.807, 2.05) is 0 Å². The maximum absolute atomic E-state index is 2.31. The van der Waals surface area contributed by atoms with Gasteiger partial charge >= 0.3 is 0 Å². The van der Waals surface area contributed by atoms with Gasteiger partial charge in [0.2, 0.25) is 0 Å². The van der Waals surface area contributed by atoms with Crippen LogP contribution in [0.25, 0.3) is 0 Å². The van der Waals surface area contributed by atoms with Crippen LogP contribution in [0, 0.1) is 11.8 Å². The molecule has 0 aliphatic heterocycles. The van der Waals surface area contributed by atoms with Crippen molar-refractivity contribution in [2.45, 2.75) is 20.3 Å². The second-order valence-electron chi connectivity index (χ2n) is 2.66. The largest absolute Gasteiger partial charge is 0.0877 e. The predicted octanol–water partition coefficient (Wildman–Crippen LogP) is 2.18. The molecule has 0 nitrogen and oxygen atoms in total. The number of allylic oxidation sites excluding steroid dienone is 2. The van der Waals surface area contributed by atoms with Crippen molar-refractivity contribution in [1.82, 2.24) is 0 Å². The third-order valence-corrected chi connectivity index (χ3v) is 1.33. The van der Waals surface area contributed by atoms with Gasteiger partial charge in [-0.3, -0.25) is 0 Å². The zero-order chi connectivity index (χ0) is 5.33. The lowest BCUT2D eigenvalue weighted by Gasteiger charge is -2.11. The summed E-state index contributed by atoms with van der Waals surface area (Å²) in [5.74, 6) is 0. The third kappa shape index (κ3) is 1.05. The Labute approximate surface area is 45.2 Å². The molecule has 1 radical (unpaired) electrons. The average molecular weight is 95.2 g/mol. The van der Waals surface area contributed by atoms with Gasteiger partial charge in [0, 0.05) is 0 Å². The molecule has 1 rings (SSSR count). The van der Waals surface area contributed by atoms with Gasteiger partial charge in [0.15, 0.2) is 0 Å². The Morgan fingerprint density at radius 2 is 2.14 bits per heavy atom. The summed E-state index contributed by atoms with van der Waals surface area (Å²) in [6.07, 6.45) is 7.92. The lowest BCUT2D eigenvalue weighted by molar-refractivity contribution is 0.584. The number of rotatable bonds is 0. The molecule has 0 saturated heterocycles. The van der Waals surface area contributed by atoms with Gasteiger partial charge in [-0.2, -0.15) is 0 Å². The van der Waals surface area contributed by atoms with Gasteiger partial charge in [-0.15, -0.1) is 0 Å². The SMILES string of the molecule is CC1(C)[CH]CC=C1. The molecule has 0 aromatic heterocycles. The molecular formula is C7H11. The van der Waals surface area contributed by atoms with Crippen LogP contribution in [0.15, 0.2) is 12.2 Å². The topological polar surface area (TPSA) is 0 Å². The standard InChI is InChI=1S/C7H11/c1-7(2)5-3-4-6-7/h3,5-6H,4H2,1-2H3. The van der Waals surface area contributed by atoms with Crippen molar-refractivity contribution in [3.63, 3.8) is 0 Å². The van der Waals surface area contributed by atoms with E-state index in [2.05, 4.69) is 32.4 Å². The Morgan fingerprint density at radius 1 is 1.43 bits per heavy atom. The van der Waals surface area contributed by atoms with Crippen molar-refractivity contribution < 1.29 is 0 Å². The normalized spacial score (nSPS) is 26.0. The number of hydrogen-bond acceptors (Lipinski definition) is 0. The molecule has 0 saturated carbocycles. The van der Waals surface area contributed by atoms with Crippen LogP contribution < -0.4 is 0 Å². The molecule has 0 amide bonds. The lowest BCUT2D eigenvalue weighted by Crippen LogP contribution is -2.01. The summed E-state index contributed by atoms with van der Waals surface area (Å²) >= 11 is 0. The Kier molecular flexibility index (Phi) is 0.949. The van der Waals surface area contributed by atoms with Crippen molar-refractivity contribution in [3.05, 3.63) is 18.6 Å². The Hall–Kier alpha value is -0.260. The molecule has 0 heteroatoms. The van der Waals surface area contributed by atoms with Crippen LogP contribution in [0.4, 0.5) is 0 Å². The van der Waals surface area contributed by atoms with Crippen molar-refractivity contribution in [2.24, 2.45) is 5.41 Å². The molecule has 0 fully saturated rings. The molecule has 0 spiro atoms. The van der Waals surface area contributed by atoms with E-state index in [-0.39, 0.29) is 0 Å². The van der Waals surface area contributed by atoms with Crippen molar-refractivity contribution in [3.8, 4) is 0 Å². The van der Waals surface area contributed by atoms with E-state index < -0.39 is 0 Å². The van der Waals surface area contributed by atoms with Crippen LogP contribution in [-0.2, 0) is 0 Å². The van der Waals surface area contributed by atoms with Gasteiger partial charge in [-0.25, -0.2) is 0 Å². The van der Waals surface area contributed by atoms with E-state index in [1.165, 1.54) is 0 Å². The van der Waals surface area contributed by atoms with Gasteiger partial charge in [-0.1, -0.05) is 26.0 Å². The molecule has 1 aliphatic rings. The molecule has 0 atom stereocenters. The summed E-state index contributed by atoms with van der Waals surface area (Å²) in [5.41, 5.74) is 0.389. The van der Waals surface area contributed by atoms with Gasteiger partial charge in [0.25, 0.3) is 0 Å². The van der Waals surface area contributed by atoms with Crippen LogP contribution >= 0.6 is 0 Å². The second kappa shape index (κ2) is 1.36. The molecule has 0 aromatic rings. The smallest absolute Gasteiger partial charge is 0.0141 e. The predicted molar refractivity (Wildman–Crippen MR) is 31.8 cm³/mol. The summed E-state index contributed by atoms with van der Waals surface area (Å²) < 4.78 is 0. The minimum atomic E-state index is 0.389. The molecule has 1 aliphatic carbocycles. The quantitative estimate of drug-likeness (QED) is 0.404. The van der Waals surface area contributed by atoms with Gasteiger partial charge in [0.05, 0.1) is 0 Å². The van der Waals surface area contributed by atoms with Gasteiger partial charge in [-0.05, 0) is 18.3 Å². The maximum Gasteiger partial charge on any atom is -0.0141 e. The summed E-state index contributed by atoms with van der Waals surface area (Å²) in [4.78, 5) is 0. The van der Waals surface area contributed by atoms with E-state index in [4.69, 9.17) is 0 Å². The van der Waals surface area contributed by atoms with Gasteiger partial charge < -0.3 is 0 Å². The average Bonchev–Trinajstić information content (AvgIpc) is 1.84. The number of hydrogen-bond donors (Lipinski definition) is 0. The molecule has 39 valence electrons. The first-order valence-corrected chi connectivity index (χ1v) is 2.73. The van der Waals surface area contributed by atoms with Crippen molar-refractivity contribution in [2.75, 3.05) is 0 Å². The first kappa shape index (κ1) is 4.89. The lowest BCUT2D eigenvalue weighted by atomic mass is 9.94. The molecule has 0 unspecified atom stereocenters. The van der Waals surface area contributed by atoms with Crippen molar-refractivity contribution >= 4 is 0 Å². The fourth-order valence-electron chi connectivity index (χ4n) is 0.812. The summed E-state index contributed by atoms with van der Waals surface area (Å²) in [5, 5.41) is 0. The highest BCUT2D eigenvalue weighted by molar-refractivity contribution is 5.11. The second-order valence-corrected chi connectivity index (χ2v) is 2.66.